The molecule has 0 bridgehead atoms. The van der Waals surface area contributed by atoms with Crippen molar-refractivity contribution >= 4 is 5.97 Å². The van der Waals surface area contributed by atoms with E-state index in [9.17, 15) is 30.3 Å². The first-order chi connectivity index (χ1) is 24.9. The lowest BCUT2D eigenvalue weighted by Crippen LogP contribution is -2.61. The van der Waals surface area contributed by atoms with Crippen molar-refractivity contribution in [3.8, 4) is 0 Å². The Morgan fingerprint density at radius 2 is 1.56 bits per heavy atom. The number of ether oxygens (including phenoxy) is 6. The highest BCUT2D eigenvalue weighted by atomic mass is 16.7. The third-order valence-corrected chi connectivity index (χ3v) is 12.6. The fourth-order valence-electron chi connectivity index (χ4n) is 9.13. The van der Waals surface area contributed by atoms with Crippen LogP contribution in [0.5, 0.6) is 0 Å². The number of aliphatic hydroxyl groups is 5. The Morgan fingerprint density at radius 1 is 0.926 bits per heavy atom. The molecule has 0 amide bonds. The molecule has 3 aliphatic heterocycles. The number of nitrogens with zero attached hydrogens (tertiary/aromatic N) is 2. The Balaban J connectivity index is 2.22. The molecule has 14 nitrogen and oxygen atoms in total. The summed E-state index contributed by atoms with van der Waals surface area (Å²) in [6.45, 7) is 20.9. The first-order valence-corrected chi connectivity index (χ1v) is 20.2. The maximum Gasteiger partial charge on any atom is 0.311 e. The number of carbonyl (C=O) groups excluding carboxylic acids is 1. The summed E-state index contributed by atoms with van der Waals surface area (Å²) in [6, 6.07) is -0.500. The summed E-state index contributed by atoms with van der Waals surface area (Å²) in [4.78, 5) is 18.4. The third-order valence-electron chi connectivity index (χ3n) is 12.6. The van der Waals surface area contributed by atoms with Gasteiger partial charge in [0.15, 0.2) is 12.6 Å². The number of aliphatic hydroxyl groups excluding tert-OH is 3. The molecule has 3 rings (SSSR count). The first-order valence-electron chi connectivity index (χ1n) is 20.2. The molecule has 318 valence electrons. The lowest BCUT2D eigenvalue weighted by molar-refractivity contribution is -0.318. The number of rotatable bonds is 9. The van der Waals surface area contributed by atoms with Crippen LogP contribution in [0.4, 0.5) is 0 Å². The molecule has 0 aromatic rings. The monoisotopic (exact) mass is 777 g/mol. The zero-order chi connectivity index (χ0) is 41.1. The van der Waals surface area contributed by atoms with Gasteiger partial charge in [-0.15, -0.1) is 0 Å². The predicted octanol–water partition coefficient (Wildman–Crippen LogP) is 2.68. The number of hydrogen-bond acceptors (Lipinski definition) is 14. The number of likely N-dealkylation sites (N-methyl/N-ethyl adjacent to an activating group) is 1. The molecule has 18 atom stereocenters. The van der Waals surface area contributed by atoms with E-state index in [1.807, 2.05) is 46.7 Å². The first kappa shape index (κ1) is 47.4. The Hall–Kier alpha value is -1.01. The molecule has 0 radical (unpaired) electrons. The van der Waals surface area contributed by atoms with Gasteiger partial charge in [-0.25, -0.2) is 0 Å². The molecule has 14 heteroatoms. The molecule has 0 aromatic heterocycles. The predicted molar refractivity (Wildman–Crippen MR) is 203 cm³/mol. The zero-order valence-corrected chi connectivity index (χ0v) is 35.6. The van der Waals surface area contributed by atoms with Crippen molar-refractivity contribution in [3.63, 3.8) is 0 Å². The summed E-state index contributed by atoms with van der Waals surface area (Å²) in [6.07, 6.45) is -7.37. The molecular formula is C40H76N2O12. The molecule has 3 aliphatic rings. The molecule has 0 aromatic carbocycles. The van der Waals surface area contributed by atoms with E-state index in [2.05, 4.69) is 11.8 Å². The van der Waals surface area contributed by atoms with Crippen LogP contribution in [0.15, 0.2) is 0 Å². The second kappa shape index (κ2) is 19.2. The van der Waals surface area contributed by atoms with Gasteiger partial charge in [0.05, 0.1) is 47.6 Å². The van der Waals surface area contributed by atoms with E-state index in [1.165, 1.54) is 14.0 Å². The minimum absolute atomic E-state index is 0.133. The molecule has 0 saturated carbocycles. The highest BCUT2D eigenvalue weighted by Crippen LogP contribution is 2.40. The van der Waals surface area contributed by atoms with Crippen LogP contribution in [0.1, 0.15) is 108 Å². The van der Waals surface area contributed by atoms with Crippen LogP contribution in [0.2, 0.25) is 0 Å². The van der Waals surface area contributed by atoms with Crippen molar-refractivity contribution in [2.24, 2.45) is 17.8 Å². The standard InChI is InChI=1S/C40H76N2O12/c1-15-17-42-21-22(3)33(44)40(11,48)29(16-2)52-36(46)26(7)32(53-30-20-39(10,49-14)34(45)27(8)51-30)25(6)35(38(9,47)19-23(42)4)54-37-31(43)28(41(12)13)18-24(5)50-37/h22-35,37,43-45,47-48H,15-21H2,1-14H3/t22-,23+,24+,25-,26-,27-,28-,29-,30+,31+,32-,33+,34-,35+,37-,38?,39+,40+/m0/s1. The van der Waals surface area contributed by atoms with Gasteiger partial charge < -0.3 is 63.8 Å². The summed E-state index contributed by atoms with van der Waals surface area (Å²) < 4.78 is 37.8. The highest BCUT2D eigenvalue weighted by molar-refractivity contribution is 5.73. The number of carbonyl (C=O) groups is 1. The fraction of sp³-hybridized carbons (Fsp3) is 0.975. The summed E-state index contributed by atoms with van der Waals surface area (Å²) in [5.74, 6) is -2.87. The minimum Gasteiger partial charge on any atom is -0.459 e. The highest BCUT2D eigenvalue weighted by Gasteiger charge is 2.52. The van der Waals surface area contributed by atoms with Gasteiger partial charge in [-0.2, -0.15) is 0 Å². The smallest absolute Gasteiger partial charge is 0.311 e. The Labute approximate surface area is 324 Å². The molecule has 3 saturated heterocycles. The molecule has 0 aliphatic carbocycles. The van der Waals surface area contributed by atoms with Gasteiger partial charge in [-0.3, -0.25) is 4.79 Å². The molecular weight excluding hydrogens is 700 g/mol. The third kappa shape index (κ3) is 10.7. The van der Waals surface area contributed by atoms with E-state index < -0.39 is 95.8 Å². The van der Waals surface area contributed by atoms with E-state index in [4.69, 9.17) is 28.4 Å². The van der Waals surface area contributed by atoms with Gasteiger partial charge in [-0.05, 0) is 101 Å². The van der Waals surface area contributed by atoms with E-state index in [0.717, 1.165) is 6.42 Å². The quantitative estimate of drug-likeness (QED) is 0.216. The van der Waals surface area contributed by atoms with Crippen LogP contribution in [0, 0.1) is 17.8 Å². The van der Waals surface area contributed by atoms with E-state index in [1.54, 1.807) is 34.6 Å². The van der Waals surface area contributed by atoms with Gasteiger partial charge in [0.25, 0.3) is 0 Å². The summed E-state index contributed by atoms with van der Waals surface area (Å²) in [5.41, 5.74) is -4.38. The minimum atomic E-state index is -1.78. The van der Waals surface area contributed by atoms with Crippen molar-refractivity contribution in [2.45, 2.75) is 199 Å². The van der Waals surface area contributed by atoms with E-state index >= 15 is 0 Å². The molecule has 1 unspecified atom stereocenters. The topological polar surface area (TPSA) is 180 Å². The molecule has 54 heavy (non-hydrogen) atoms. The fourth-order valence-corrected chi connectivity index (χ4v) is 9.13. The van der Waals surface area contributed by atoms with Gasteiger partial charge in [-0.1, -0.05) is 27.7 Å². The van der Waals surface area contributed by atoms with E-state index in [0.29, 0.717) is 19.5 Å². The maximum atomic E-state index is 14.3. The second-order valence-electron chi connectivity index (χ2n) is 17.7. The van der Waals surface area contributed by atoms with Gasteiger partial charge in [0.2, 0.25) is 0 Å². The Kier molecular flexibility index (Phi) is 16.8. The Morgan fingerprint density at radius 3 is 2.11 bits per heavy atom. The molecule has 5 N–H and O–H groups in total. The van der Waals surface area contributed by atoms with Crippen LogP contribution in [0.25, 0.3) is 0 Å². The van der Waals surface area contributed by atoms with Crippen molar-refractivity contribution in [1.29, 1.82) is 0 Å². The SMILES string of the molecule is CCCN1C[C@H](C)[C@@H](O)[C@](C)(O)[C@H](CC)OC(=O)[C@@H](C)[C@@H](O[C@@H]2C[C@@](C)(OC)[C@@H](O)[C@H](C)O2)[C@H](C)[C@@H](O[C@@H]2O[C@H](C)C[C@H](N(C)C)[C@H]2O)C(C)(O)C[C@H]1C. The van der Waals surface area contributed by atoms with Crippen LogP contribution >= 0.6 is 0 Å². The number of hydrogen-bond donors (Lipinski definition) is 5. The van der Waals surface area contributed by atoms with Crippen molar-refractivity contribution in [2.75, 3.05) is 34.3 Å². The number of methoxy groups -OCH3 is 1. The maximum absolute atomic E-state index is 14.3. The molecule has 0 spiro atoms. The summed E-state index contributed by atoms with van der Waals surface area (Å²) in [5, 5.41) is 58.7. The van der Waals surface area contributed by atoms with Crippen LogP contribution in [-0.4, -0.2) is 166 Å². The van der Waals surface area contributed by atoms with Crippen LogP contribution < -0.4 is 0 Å². The largest absolute Gasteiger partial charge is 0.459 e. The number of esters is 1. The normalized spacial score (nSPS) is 48.2. The Bertz CT molecular complexity index is 1180. The average Bonchev–Trinajstić information content (AvgIpc) is 3.09. The van der Waals surface area contributed by atoms with Crippen molar-refractivity contribution in [1.82, 2.24) is 9.80 Å². The van der Waals surface area contributed by atoms with Gasteiger partial charge in [0.1, 0.15) is 23.9 Å². The van der Waals surface area contributed by atoms with Crippen molar-refractivity contribution < 1.29 is 58.7 Å². The average molecular weight is 777 g/mol. The van der Waals surface area contributed by atoms with Crippen LogP contribution in [-0.2, 0) is 33.2 Å². The lowest BCUT2D eigenvalue weighted by atomic mass is 9.78. The summed E-state index contributed by atoms with van der Waals surface area (Å²) in [7, 11) is 5.29. The summed E-state index contributed by atoms with van der Waals surface area (Å²) >= 11 is 0. The molecule has 3 fully saturated rings. The lowest BCUT2D eigenvalue weighted by Gasteiger charge is -2.49. The number of cyclic esters (lactones) is 1. The second-order valence-corrected chi connectivity index (χ2v) is 17.7. The van der Waals surface area contributed by atoms with Crippen molar-refractivity contribution in [3.05, 3.63) is 0 Å². The zero-order valence-electron chi connectivity index (χ0n) is 35.6. The van der Waals surface area contributed by atoms with Crippen LogP contribution in [0.3, 0.4) is 0 Å². The van der Waals surface area contributed by atoms with E-state index in [-0.39, 0.29) is 37.5 Å². The van der Waals surface area contributed by atoms with Gasteiger partial charge >= 0.3 is 5.97 Å². The van der Waals surface area contributed by atoms with Gasteiger partial charge in [0, 0.05) is 38.1 Å². The molecule has 3 heterocycles.